The van der Waals surface area contributed by atoms with Gasteiger partial charge in [-0.3, -0.25) is 0 Å². The van der Waals surface area contributed by atoms with E-state index in [4.69, 9.17) is 5.73 Å². The summed E-state index contributed by atoms with van der Waals surface area (Å²) in [5.41, 5.74) is 7.45. The van der Waals surface area contributed by atoms with Gasteiger partial charge in [-0.25, -0.2) is 0 Å². The van der Waals surface area contributed by atoms with E-state index in [-0.39, 0.29) is 0 Å². The molecule has 0 fully saturated rings. The number of hydrogen-bond donors (Lipinski definition) is 3. The number of benzene rings is 1. The average Bonchev–Trinajstić information content (AvgIpc) is 2.62. The summed E-state index contributed by atoms with van der Waals surface area (Å²) in [5, 5.41) is 3.18. The molecule has 0 aliphatic carbocycles. The van der Waals surface area contributed by atoms with Crippen molar-refractivity contribution in [3.05, 3.63) is 41.0 Å². The van der Waals surface area contributed by atoms with Crippen molar-refractivity contribution in [3.8, 4) is 0 Å². The lowest BCUT2D eigenvalue weighted by Gasteiger charge is -2.07. The van der Waals surface area contributed by atoms with Gasteiger partial charge in [0.1, 0.15) is 5.82 Å². The molecule has 4 heteroatoms. The predicted octanol–water partition coefficient (Wildman–Crippen LogP) is 3.10. The number of aromatic amines is 1. The minimum atomic E-state index is 0.717. The van der Waals surface area contributed by atoms with Gasteiger partial charge in [0.15, 0.2) is 0 Å². The first kappa shape index (κ1) is 9.15. The maximum Gasteiger partial charge on any atom is 0.107 e. The van der Waals surface area contributed by atoms with Gasteiger partial charge in [-0.15, -0.1) is 0 Å². The molecule has 0 radical (unpaired) electrons. The zero-order valence-electron chi connectivity index (χ0n) is 7.42. The van der Waals surface area contributed by atoms with Crippen molar-refractivity contribution in [2.24, 2.45) is 0 Å². The third kappa shape index (κ3) is 1.90. The van der Waals surface area contributed by atoms with Crippen molar-refractivity contribution >= 4 is 33.1 Å². The van der Waals surface area contributed by atoms with Gasteiger partial charge < -0.3 is 16.0 Å². The molecule has 3 nitrogen and oxygen atoms in total. The molecule has 0 aliphatic rings. The molecule has 72 valence electrons. The maximum atomic E-state index is 5.83. The van der Waals surface area contributed by atoms with Crippen LogP contribution in [-0.4, -0.2) is 4.98 Å². The summed E-state index contributed by atoms with van der Waals surface area (Å²) in [7, 11) is 0. The molecule has 0 saturated heterocycles. The Kier molecular flexibility index (Phi) is 2.45. The highest BCUT2D eigenvalue weighted by atomic mass is 79.9. The highest BCUT2D eigenvalue weighted by molar-refractivity contribution is 9.10. The lowest BCUT2D eigenvalue weighted by atomic mass is 10.3. The third-order valence-electron chi connectivity index (χ3n) is 1.88. The number of nitrogens with one attached hydrogen (secondary N) is 2. The summed E-state index contributed by atoms with van der Waals surface area (Å²) in [6.07, 6.45) is 1.86. The van der Waals surface area contributed by atoms with Gasteiger partial charge in [0.2, 0.25) is 0 Å². The Morgan fingerprint density at radius 2 is 2.14 bits per heavy atom. The molecule has 0 saturated carbocycles. The van der Waals surface area contributed by atoms with Crippen molar-refractivity contribution in [1.29, 1.82) is 0 Å². The smallest absolute Gasteiger partial charge is 0.107 e. The van der Waals surface area contributed by atoms with Crippen molar-refractivity contribution < 1.29 is 0 Å². The second-order valence-electron chi connectivity index (χ2n) is 2.94. The SMILES string of the molecule is Nc1cc(Br)ccc1Nc1ccc[nH]1. The van der Waals surface area contributed by atoms with E-state index in [2.05, 4.69) is 26.2 Å². The van der Waals surface area contributed by atoms with E-state index in [0.717, 1.165) is 16.0 Å². The Balaban J connectivity index is 2.25. The zero-order chi connectivity index (χ0) is 9.97. The first-order valence-corrected chi connectivity index (χ1v) is 5.00. The largest absolute Gasteiger partial charge is 0.397 e. The number of rotatable bonds is 2. The van der Waals surface area contributed by atoms with E-state index in [1.807, 2.05) is 36.5 Å². The Hall–Kier alpha value is -1.42. The quantitative estimate of drug-likeness (QED) is 0.719. The fourth-order valence-electron chi connectivity index (χ4n) is 1.20. The second-order valence-corrected chi connectivity index (χ2v) is 3.86. The Morgan fingerprint density at radius 1 is 1.29 bits per heavy atom. The van der Waals surface area contributed by atoms with Crippen molar-refractivity contribution in [3.63, 3.8) is 0 Å². The number of nitrogens with two attached hydrogens (primary N) is 1. The van der Waals surface area contributed by atoms with Gasteiger partial charge >= 0.3 is 0 Å². The van der Waals surface area contributed by atoms with Crippen molar-refractivity contribution in [2.75, 3.05) is 11.1 Å². The summed E-state index contributed by atoms with van der Waals surface area (Å²) in [5.74, 6) is 0.930. The van der Waals surface area contributed by atoms with Crippen LogP contribution >= 0.6 is 15.9 Å². The van der Waals surface area contributed by atoms with Crippen LogP contribution in [0.25, 0.3) is 0 Å². The molecule has 0 amide bonds. The molecule has 0 atom stereocenters. The predicted molar refractivity (Wildman–Crippen MR) is 62.6 cm³/mol. The summed E-state index contributed by atoms with van der Waals surface area (Å²) in [4.78, 5) is 3.05. The number of anilines is 3. The van der Waals surface area contributed by atoms with E-state index in [0.29, 0.717) is 5.69 Å². The Bertz CT molecular complexity index is 423. The molecule has 0 unspecified atom stereocenters. The topological polar surface area (TPSA) is 53.8 Å². The van der Waals surface area contributed by atoms with Gasteiger partial charge in [-0.05, 0) is 30.3 Å². The molecular weight excluding hydrogens is 242 g/mol. The van der Waals surface area contributed by atoms with Crippen LogP contribution in [0.3, 0.4) is 0 Å². The van der Waals surface area contributed by atoms with Gasteiger partial charge in [0, 0.05) is 10.7 Å². The zero-order valence-corrected chi connectivity index (χ0v) is 9.01. The molecule has 2 rings (SSSR count). The summed E-state index contributed by atoms with van der Waals surface area (Å²) >= 11 is 3.36. The standard InChI is InChI=1S/C10H10BrN3/c11-7-3-4-9(8(12)6-7)14-10-2-1-5-13-10/h1-6,13-14H,12H2. The monoisotopic (exact) mass is 251 g/mol. The van der Waals surface area contributed by atoms with Gasteiger partial charge in [0.25, 0.3) is 0 Å². The third-order valence-corrected chi connectivity index (χ3v) is 2.37. The number of nitrogen functional groups attached to an aromatic ring is 1. The van der Waals surface area contributed by atoms with E-state index < -0.39 is 0 Å². The summed E-state index contributed by atoms with van der Waals surface area (Å²) in [6.45, 7) is 0. The summed E-state index contributed by atoms with van der Waals surface area (Å²) in [6, 6.07) is 9.62. The molecular formula is C10H10BrN3. The van der Waals surface area contributed by atoms with E-state index >= 15 is 0 Å². The van der Waals surface area contributed by atoms with Crippen LogP contribution in [0.4, 0.5) is 17.2 Å². The number of hydrogen-bond acceptors (Lipinski definition) is 2. The lowest BCUT2D eigenvalue weighted by Crippen LogP contribution is -1.95. The highest BCUT2D eigenvalue weighted by Gasteiger charge is 1.99. The molecule has 1 heterocycles. The molecule has 0 bridgehead atoms. The average molecular weight is 252 g/mol. The van der Waals surface area contributed by atoms with Crippen LogP contribution < -0.4 is 11.1 Å². The number of H-pyrrole nitrogens is 1. The van der Waals surface area contributed by atoms with Gasteiger partial charge in [0.05, 0.1) is 11.4 Å². The highest BCUT2D eigenvalue weighted by Crippen LogP contribution is 2.25. The van der Waals surface area contributed by atoms with E-state index in [1.54, 1.807) is 0 Å². The van der Waals surface area contributed by atoms with E-state index in [9.17, 15) is 0 Å². The number of aromatic nitrogens is 1. The van der Waals surface area contributed by atoms with E-state index in [1.165, 1.54) is 0 Å². The van der Waals surface area contributed by atoms with Gasteiger partial charge in [-0.2, -0.15) is 0 Å². The molecule has 0 spiro atoms. The van der Waals surface area contributed by atoms with Gasteiger partial charge in [-0.1, -0.05) is 15.9 Å². The van der Waals surface area contributed by atoms with Crippen LogP contribution in [0.1, 0.15) is 0 Å². The minimum absolute atomic E-state index is 0.717. The maximum absolute atomic E-state index is 5.83. The van der Waals surface area contributed by atoms with Crippen LogP contribution in [-0.2, 0) is 0 Å². The normalized spacial score (nSPS) is 10.1. The fraction of sp³-hybridized carbons (Fsp3) is 0. The lowest BCUT2D eigenvalue weighted by molar-refractivity contribution is 1.38. The number of halogens is 1. The van der Waals surface area contributed by atoms with Crippen molar-refractivity contribution in [1.82, 2.24) is 4.98 Å². The van der Waals surface area contributed by atoms with Crippen LogP contribution in [0.15, 0.2) is 41.0 Å². The van der Waals surface area contributed by atoms with Crippen LogP contribution in [0.5, 0.6) is 0 Å². The molecule has 1 aromatic carbocycles. The Labute approximate surface area is 90.5 Å². The first-order valence-electron chi connectivity index (χ1n) is 4.21. The fourth-order valence-corrected chi connectivity index (χ4v) is 1.58. The minimum Gasteiger partial charge on any atom is -0.397 e. The second kappa shape index (κ2) is 3.75. The van der Waals surface area contributed by atoms with Crippen LogP contribution in [0.2, 0.25) is 0 Å². The Morgan fingerprint density at radius 3 is 2.79 bits per heavy atom. The first-order chi connectivity index (χ1) is 6.75. The summed E-state index contributed by atoms with van der Waals surface area (Å²) < 4.78 is 0.979. The molecule has 0 aliphatic heterocycles. The van der Waals surface area contributed by atoms with Crippen molar-refractivity contribution in [2.45, 2.75) is 0 Å². The molecule has 14 heavy (non-hydrogen) atoms. The van der Waals surface area contributed by atoms with Crippen LogP contribution in [0, 0.1) is 0 Å². The molecule has 4 N–H and O–H groups in total. The molecule has 1 aromatic heterocycles. The molecule has 2 aromatic rings.